The fourth-order valence-electron chi connectivity index (χ4n) is 4.59. The second-order valence-corrected chi connectivity index (χ2v) is 8.97. The third-order valence-corrected chi connectivity index (χ3v) is 6.72. The lowest BCUT2D eigenvalue weighted by Gasteiger charge is -2.28. The van der Waals surface area contributed by atoms with Crippen LogP contribution in [0.25, 0.3) is 5.70 Å². The molecule has 0 amide bonds. The molecule has 3 aliphatic rings. The molecule has 0 bridgehead atoms. The zero-order chi connectivity index (χ0) is 17.4. The number of hydrogen-bond donors (Lipinski definition) is 2. The number of nitrogens with one attached hydrogen (secondary N) is 1. The van der Waals surface area contributed by atoms with Gasteiger partial charge in [-0.2, -0.15) is 0 Å². The first-order chi connectivity index (χ1) is 12.0. The van der Waals surface area contributed by atoms with Gasteiger partial charge in [-0.15, -0.1) is 0 Å². The molecule has 1 aromatic rings. The summed E-state index contributed by atoms with van der Waals surface area (Å²) >= 11 is 0. The maximum atomic E-state index is 6.02. The second kappa shape index (κ2) is 6.77. The van der Waals surface area contributed by atoms with Crippen molar-refractivity contribution in [2.75, 3.05) is 6.54 Å². The van der Waals surface area contributed by atoms with Crippen LogP contribution in [0.4, 0.5) is 0 Å². The maximum absolute atomic E-state index is 6.02. The summed E-state index contributed by atoms with van der Waals surface area (Å²) in [6.45, 7) is 8.53. The molecule has 4 rings (SSSR count). The predicted molar refractivity (Wildman–Crippen MR) is 105 cm³/mol. The lowest BCUT2D eigenvalue weighted by Crippen LogP contribution is -2.39. The third-order valence-electron chi connectivity index (χ3n) is 6.72. The van der Waals surface area contributed by atoms with Gasteiger partial charge in [-0.25, -0.2) is 5.84 Å². The summed E-state index contributed by atoms with van der Waals surface area (Å²) in [5, 5.41) is 5.72. The molecule has 2 aliphatic carbocycles. The molecule has 0 radical (unpaired) electrons. The van der Waals surface area contributed by atoms with E-state index in [1.165, 1.54) is 74.6 Å². The minimum absolute atomic E-state index is 0.593. The number of rotatable bonds is 5. The van der Waals surface area contributed by atoms with Gasteiger partial charge in [0.05, 0.1) is 12.2 Å². The minimum atomic E-state index is 0.593. The summed E-state index contributed by atoms with van der Waals surface area (Å²) in [6, 6.07) is 7.59. The number of fused-ring (bicyclic) bond motifs is 1. The Hall–Kier alpha value is -1.32. The van der Waals surface area contributed by atoms with Crippen LogP contribution in [-0.4, -0.2) is 17.6 Å². The van der Waals surface area contributed by atoms with E-state index >= 15 is 0 Å². The van der Waals surface area contributed by atoms with Crippen LogP contribution in [0.5, 0.6) is 0 Å². The van der Waals surface area contributed by atoms with Gasteiger partial charge in [0.1, 0.15) is 0 Å². The molecule has 0 saturated heterocycles. The lowest BCUT2D eigenvalue weighted by atomic mass is 9.87. The minimum Gasteiger partial charge on any atom is -0.313 e. The van der Waals surface area contributed by atoms with Crippen molar-refractivity contribution in [3.05, 3.63) is 41.5 Å². The van der Waals surface area contributed by atoms with Crippen molar-refractivity contribution in [2.24, 2.45) is 17.2 Å². The van der Waals surface area contributed by atoms with Crippen molar-refractivity contribution in [1.82, 2.24) is 10.3 Å². The molecule has 3 N–H and O–H groups in total. The van der Waals surface area contributed by atoms with E-state index in [1.807, 2.05) is 0 Å². The van der Waals surface area contributed by atoms with Crippen LogP contribution >= 0.6 is 0 Å². The van der Waals surface area contributed by atoms with Crippen molar-refractivity contribution in [1.29, 1.82) is 0 Å². The molecule has 1 aliphatic heterocycles. The Morgan fingerprint density at radius 1 is 1.24 bits per heavy atom. The Morgan fingerprint density at radius 3 is 2.84 bits per heavy atom. The van der Waals surface area contributed by atoms with E-state index in [0.717, 1.165) is 18.2 Å². The molecule has 2 fully saturated rings. The van der Waals surface area contributed by atoms with E-state index in [0.29, 0.717) is 11.5 Å². The average molecular weight is 340 g/mol. The molecule has 0 spiro atoms. The quantitative estimate of drug-likeness (QED) is 0.623. The average Bonchev–Trinajstić information content (AvgIpc) is 3.31. The molecule has 3 nitrogen and oxygen atoms in total. The Balaban J connectivity index is 1.45. The number of hydrazine groups is 1. The highest BCUT2D eigenvalue weighted by Crippen LogP contribution is 2.44. The van der Waals surface area contributed by atoms with Crippen LogP contribution in [0.2, 0.25) is 0 Å². The van der Waals surface area contributed by atoms with Crippen molar-refractivity contribution < 1.29 is 0 Å². The highest BCUT2D eigenvalue weighted by atomic mass is 15.4. The Kier molecular flexibility index (Phi) is 4.63. The zero-order valence-corrected chi connectivity index (χ0v) is 15.7. The van der Waals surface area contributed by atoms with E-state index in [-0.39, 0.29) is 0 Å². The van der Waals surface area contributed by atoms with E-state index in [1.54, 1.807) is 5.01 Å². The number of hydrogen-bond acceptors (Lipinski definition) is 3. The number of nitrogens with zero attached hydrogens (tertiary/aromatic N) is 1. The molecule has 2 saturated carbocycles. The fourth-order valence-corrected chi connectivity index (χ4v) is 4.59. The lowest BCUT2D eigenvalue weighted by molar-refractivity contribution is 0.311. The Labute approximate surface area is 152 Å². The molecule has 0 aromatic heterocycles. The first-order valence-corrected chi connectivity index (χ1v) is 10.1. The maximum Gasteiger partial charge on any atom is 0.0599 e. The van der Waals surface area contributed by atoms with Crippen LogP contribution in [0, 0.1) is 11.3 Å². The molecule has 2 atom stereocenters. The van der Waals surface area contributed by atoms with E-state index in [2.05, 4.69) is 37.0 Å². The monoisotopic (exact) mass is 339 g/mol. The van der Waals surface area contributed by atoms with Gasteiger partial charge < -0.3 is 10.3 Å². The molecular formula is C22H33N3. The Morgan fingerprint density at radius 2 is 2.04 bits per heavy atom. The van der Waals surface area contributed by atoms with Gasteiger partial charge in [-0.3, -0.25) is 0 Å². The third kappa shape index (κ3) is 3.78. The highest BCUT2D eigenvalue weighted by molar-refractivity contribution is 5.68. The van der Waals surface area contributed by atoms with Gasteiger partial charge in [-0.05, 0) is 54.6 Å². The van der Waals surface area contributed by atoms with Crippen molar-refractivity contribution in [2.45, 2.75) is 70.9 Å². The zero-order valence-electron chi connectivity index (χ0n) is 15.7. The normalized spacial score (nSPS) is 27.9. The SMILES string of the molecule is C=C1c2ccc(CC3CCCCCC3NCC3(C)CC3)cc2CN1N. The summed E-state index contributed by atoms with van der Waals surface area (Å²) in [5.41, 5.74) is 5.58. The van der Waals surface area contributed by atoms with E-state index in [4.69, 9.17) is 5.84 Å². The molecule has 25 heavy (non-hydrogen) atoms. The molecule has 1 heterocycles. The summed E-state index contributed by atoms with van der Waals surface area (Å²) in [6.07, 6.45) is 10.9. The first kappa shape index (κ1) is 17.1. The second-order valence-electron chi connectivity index (χ2n) is 8.97. The fraction of sp³-hybridized carbons (Fsp3) is 0.636. The van der Waals surface area contributed by atoms with Crippen molar-refractivity contribution >= 4 is 5.70 Å². The van der Waals surface area contributed by atoms with Crippen LogP contribution in [0.3, 0.4) is 0 Å². The van der Waals surface area contributed by atoms with Crippen LogP contribution < -0.4 is 11.2 Å². The number of benzene rings is 1. The van der Waals surface area contributed by atoms with Crippen molar-refractivity contribution in [3.8, 4) is 0 Å². The summed E-state index contributed by atoms with van der Waals surface area (Å²) in [4.78, 5) is 0. The van der Waals surface area contributed by atoms with E-state index in [9.17, 15) is 0 Å². The molecular weight excluding hydrogens is 306 g/mol. The van der Waals surface area contributed by atoms with Gasteiger partial charge >= 0.3 is 0 Å². The van der Waals surface area contributed by atoms with Gasteiger partial charge in [0.2, 0.25) is 0 Å². The molecule has 136 valence electrons. The van der Waals surface area contributed by atoms with Gasteiger partial charge in [0, 0.05) is 18.2 Å². The molecule has 1 aromatic carbocycles. The molecule has 2 unspecified atom stereocenters. The van der Waals surface area contributed by atoms with Crippen LogP contribution in [0.1, 0.15) is 68.6 Å². The first-order valence-electron chi connectivity index (χ1n) is 10.1. The number of nitrogens with two attached hydrogens (primary N) is 1. The van der Waals surface area contributed by atoms with Crippen molar-refractivity contribution in [3.63, 3.8) is 0 Å². The Bertz CT molecular complexity index is 647. The molecule has 3 heteroatoms. The predicted octanol–water partition coefficient (Wildman–Crippen LogP) is 4.23. The van der Waals surface area contributed by atoms with Crippen LogP contribution in [-0.2, 0) is 13.0 Å². The van der Waals surface area contributed by atoms with Gasteiger partial charge in [0.15, 0.2) is 0 Å². The smallest absolute Gasteiger partial charge is 0.0599 e. The van der Waals surface area contributed by atoms with Gasteiger partial charge in [0.25, 0.3) is 0 Å². The standard InChI is InChI=1S/C22H33N3/c1-16-20-9-8-17(13-19(20)14-25(16)23)12-18-6-4-3-5-7-21(18)24-15-22(2)10-11-22/h8-9,13,18,21,24H,1,3-7,10-12,14-15,23H2,2H3. The summed E-state index contributed by atoms with van der Waals surface area (Å²) in [7, 11) is 0. The van der Waals surface area contributed by atoms with Crippen LogP contribution in [0.15, 0.2) is 24.8 Å². The highest BCUT2D eigenvalue weighted by Gasteiger charge is 2.38. The summed E-state index contributed by atoms with van der Waals surface area (Å²) < 4.78 is 0. The summed E-state index contributed by atoms with van der Waals surface area (Å²) in [5.74, 6) is 6.78. The van der Waals surface area contributed by atoms with E-state index < -0.39 is 0 Å². The topological polar surface area (TPSA) is 41.3 Å². The van der Waals surface area contributed by atoms with Gasteiger partial charge in [-0.1, -0.05) is 51.0 Å². The largest absolute Gasteiger partial charge is 0.313 e.